The molecule has 0 unspecified atom stereocenters. The van der Waals surface area contributed by atoms with Crippen LogP contribution in [0.5, 0.6) is 0 Å². The standard InChI is InChI=1S/C21H18ClFN2O3S/c1-15-10-11-16(22)12-20(15)25(29(27,28)19-8-3-2-4-9-19)14-21(26)24-18-7-5-6-17(23)13-18/h2-13H,14H2,1H3,(H,24,26). The average Bonchev–Trinajstić information content (AvgIpc) is 2.69. The van der Waals surface area contributed by atoms with E-state index in [2.05, 4.69) is 5.32 Å². The number of carbonyl (C=O) groups is 1. The molecule has 0 saturated heterocycles. The topological polar surface area (TPSA) is 66.5 Å². The van der Waals surface area contributed by atoms with Gasteiger partial charge in [0.25, 0.3) is 10.0 Å². The zero-order chi connectivity index (χ0) is 21.0. The third-order valence-electron chi connectivity index (χ3n) is 4.17. The summed E-state index contributed by atoms with van der Waals surface area (Å²) in [6.45, 7) is 1.22. The summed E-state index contributed by atoms with van der Waals surface area (Å²) in [6.07, 6.45) is 0. The van der Waals surface area contributed by atoms with Crippen LogP contribution in [-0.2, 0) is 14.8 Å². The third-order valence-corrected chi connectivity index (χ3v) is 6.18. The first kappa shape index (κ1) is 20.8. The van der Waals surface area contributed by atoms with Crippen LogP contribution in [0, 0.1) is 12.7 Å². The number of rotatable bonds is 6. The van der Waals surface area contributed by atoms with E-state index in [1.165, 1.54) is 36.4 Å². The van der Waals surface area contributed by atoms with Crippen LogP contribution in [0.15, 0.2) is 77.7 Å². The highest BCUT2D eigenvalue weighted by atomic mass is 35.5. The molecule has 0 aliphatic rings. The van der Waals surface area contributed by atoms with E-state index < -0.39 is 28.3 Å². The average molecular weight is 433 g/mol. The maximum absolute atomic E-state index is 13.4. The summed E-state index contributed by atoms with van der Waals surface area (Å²) in [5.41, 5.74) is 1.15. The van der Waals surface area contributed by atoms with E-state index in [4.69, 9.17) is 11.6 Å². The smallest absolute Gasteiger partial charge is 0.264 e. The van der Waals surface area contributed by atoms with Crippen LogP contribution in [0.1, 0.15) is 5.56 Å². The van der Waals surface area contributed by atoms with Gasteiger partial charge in [-0.3, -0.25) is 9.10 Å². The van der Waals surface area contributed by atoms with Gasteiger partial charge in [-0.25, -0.2) is 12.8 Å². The Hall–Kier alpha value is -2.90. The summed E-state index contributed by atoms with van der Waals surface area (Å²) >= 11 is 6.08. The predicted molar refractivity (Wildman–Crippen MR) is 112 cm³/mol. The summed E-state index contributed by atoms with van der Waals surface area (Å²) in [5, 5.41) is 2.86. The quantitative estimate of drug-likeness (QED) is 0.618. The van der Waals surface area contributed by atoms with Gasteiger partial charge in [-0.15, -0.1) is 0 Å². The fraction of sp³-hybridized carbons (Fsp3) is 0.0952. The number of anilines is 2. The highest BCUT2D eigenvalue weighted by molar-refractivity contribution is 7.92. The molecule has 0 heterocycles. The second kappa shape index (κ2) is 8.63. The molecule has 150 valence electrons. The molecule has 3 aromatic carbocycles. The van der Waals surface area contributed by atoms with Crippen molar-refractivity contribution < 1.29 is 17.6 Å². The van der Waals surface area contributed by atoms with Crippen LogP contribution in [0.25, 0.3) is 0 Å². The molecule has 0 aliphatic heterocycles. The molecule has 0 spiro atoms. The molecule has 3 aromatic rings. The van der Waals surface area contributed by atoms with Crippen molar-refractivity contribution in [3.05, 3.63) is 89.2 Å². The van der Waals surface area contributed by atoms with Crippen LogP contribution in [0.4, 0.5) is 15.8 Å². The first-order chi connectivity index (χ1) is 13.8. The summed E-state index contributed by atoms with van der Waals surface area (Å²) in [4.78, 5) is 12.6. The molecule has 0 fully saturated rings. The maximum atomic E-state index is 13.4. The van der Waals surface area contributed by atoms with Crippen molar-refractivity contribution >= 4 is 38.9 Å². The molecule has 0 atom stereocenters. The van der Waals surface area contributed by atoms with Crippen LogP contribution in [0.2, 0.25) is 5.02 Å². The number of aryl methyl sites for hydroxylation is 1. The van der Waals surface area contributed by atoms with E-state index >= 15 is 0 Å². The number of hydrogen-bond donors (Lipinski definition) is 1. The molecule has 5 nitrogen and oxygen atoms in total. The second-order valence-electron chi connectivity index (χ2n) is 6.31. The molecule has 1 N–H and O–H groups in total. The van der Waals surface area contributed by atoms with Crippen molar-refractivity contribution in [1.29, 1.82) is 0 Å². The Bertz CT molecular complexity index is 1140. The van der Waals surface area contributed by atoms with Crippen LogP contribution < -0.4 is 9.62 Å². The Morgan fingerprint density at radius 2 is 1.76 bits per heavy atom. The largest absolute Gasteiger partial charge is 0.324 e. The SMILES string of the molecule is Cc1ccc(Cl)cc1N(CC(=O)Nc1cccc(F)c1)S(=O)(=O)c1ccccc1. The fourth-order valence-corrected chi connectivity index (χ4v) is 4.43. The van der Waals surface area contributed by atoms with Gasteiger partial charge in [-0.05, 0) is 55.0 Å². The van der Waals surface area contributed by atoms with E-state index in [1.54, 1.807) is 37.3 Å². The molecule has 3 rings (SSSR count). The van der Waals surface area contributed by atoms with Gasteiger partial charge in [0, 0.05) is 10.7 Å². The van der Waals surface area contributed by atoms with Gasteiger partial charge in [0.1, 0.15) is 12.4 Å². The van der Waals surface area contributed by atoms with Gasteiger partial charge in [-0.1, -0.05) is 41.9 Å². The molecule has 0 saturated carbocycles. The van der Waals surface area contributed by atoms with Gasteiger partial charge in [-0.2, -0.15) is 0 Å². The van der Waals surface area contributed by atoms with E-state index in [0.29, 0.717) is 10.6 Å². The monoisotopic (exact) mass is 432 g/mol. The van der Waals surface area contributed by atoms with Crippen LogP contribution in [-0.4, -0.2) is 20.9 Å². The lowest BCUT2D eigenvalue weighted by Crippen LogP contribution is -2.38. The number of hydrogen-bond acceptors (Lipinski definition) is 3. The lowest BCUT2D eigenvalue weighted by molar-refractivity contribution is -0.114. The molecule has 1 amide bonds. The second-order valence-corrected chi connectivity index (χ2v) is 8.61. The van der Waals surface area contributed by atoms with Crippen molar-refractivity contribution in [2.45, 2.75) is 11.8 Å². The van der Waals surface area contributed by atoms with Crippen molar-refractivity contribution in [3.8, 4) is 0 Å². The van der Waals surface area contributed by atoms with Gasteiger partial charge in [0.05, 0.1) is 10.6 Å². The number of nitrogens with one attached hydrogen (secondary N) is 1. The first-order valence-corrected chi connectivity index (χ1v) is 10.5. The lowest BCUT2D eigenvalue weighted by Gasteiger charge is -2.25. The normalized spacial score (nSPS) is 11.1. The summed E-state index contributed by atoms with van der Waals surface area (Å²) < 4.78 is 40.9. The van der Waals surface area contributed by atoms with Crippen LogP contribution in [0.3, 0.4) is 0 Å². The minimum atomic E-state index is -4.05. The Kier molecular flexibility index (Phi) is 6.20. The Balaban J connectivity index is 1.99. The zero-order valence-corrected chi connectivity index (χ0v) is 17.0. The number of carbonyl (C=O) groups excluding carboxylic acids is 1. The lowest BCUT2D eigenvalue weighted by atomic mass is 10.2. The first-order valence-electron chi connectivity index (χ1n) is 8.67. The number of amides is 1. The molecular weight excluding hydrogens is 415 g/mol. The Labute approximate surface area is 173 Å². The van der Waals surface area contributed by atoms with Crippen LogP contribution >= 0.6 is 11.6 Å². The molecule has 0 aliphatic carbocycles. The highest BCUT2D eigenvalue weighted by Gasteiger charge is 2.28. The van der Waals surface area contributed by atoms with E-state index in [1.807, 2.05) is 0 Å². The third kappa shape index (κ3) is 4.93. The molecule has 8 heteroatoms. The van der Waals surface area contributed by atoms with E-state index in [0.717, 1.165) is 10.4 Å². The minimum absolute atomic E-state index is 0.0398. The number of nitrogens with zero attached hydrogens (tertiary/aromatic N) is 1. The summed E-state index contributed by atoms with van der Waals surface area (Å²) in [6, 6.07) is 18.0. The fourth-order valence-electron chi connectivity index (χ4n) is 2.77. The van der Waals surface area contributed by atoms with E-state index in [9.17, 15) is 17.6 Å². The molecule has 0 radical (unpaired) electrons. The maximum Gasteiger partial charge on any atom is 0.264 e. The van der Waals surface area contributed by atoms with Gasteiger partial charge < -0.3 is 5.32 Å². The number of halogens is 2. The van der Waals surface area contributed by atoms with Crippen molar-refractivity contribution in [1.82, 2.24) is 0 Å². The summed E-state index contributed by atoms with van der Waals surface area (Å²) in [5.74, 6) is -1.13. The van der Waals surface area contributed by atoms with Gasteiger partial charge >= 0.3 is 0 Å². The van der Waals surface area contributed by atoms with Crippen molar-refractivity contribution in [2.75, 3.05) is 16.2 Å². The predicted octanol–water partition coefficient (Wildman–Crippen LogP) is 4.62. The molecule has 0 aromatic heterocycles. The summed E-state index contributed by atoms with van der Waals surface area (Å²) in [7, 11) is -4.05. The van der Waals surface area contributed by atoms with Gasteiger partial charge in [0.15, 0.2) is 0 Å². The molecular formula is C21H18ClFN2O3S. The Morgan fingerprint density at radius 3 is 2.45 bits per heavy atom. The number of sulfonamides is 1. The van der Waals surface area contributed by atoms with Crippen molar-refractivity contribution in [2.24, 2.45) is 0 Å². The number of benzene rings is 3. The zero-order valence-electron chi connectivity index (χ0n) is 15.5. The molecule has 29 heavy (non-hydrogen) atoms. The van der Waals surface area contributed by atoms with E-state index in [-0.39, 0.29) is 16.3 Å². The minimum Gasteiger partial charge on any atom is -0.324 e. The van der Waals surface area contributed by atoms with Gasteiger partial charge in [0.2, 0.25) is 5.91 Å². The Morgan fingerprint density at radius 1 is 1.03 bits per heavy atom. The van der Waals surface area contributed by atoms with Crippen molar-refractivity contribution in [3.63, 3.8) is 0 Å². The molecule has 0 bridgehead atoms. The highest BCUT2D eigenvalue weighted by Crippen LogP contribution is 2.29.